The first-order valence-electron chi connectivity index (χ1n) is 5.68. The molecule has 0 radical (unpaired) electrons. The van der Waals surface area contributed by atoms with Crippen LogP contribution in [0.1, 0.15) is 65.7 Å². The van der Waals surface area contributed by atoms with Crippen molar-refractivity contribution < 1.29 is 0 Å². The van der Waals surface area contributed by atoms with E-state index in [1.165, 1.54) is 49.8 Å². The lowest BCUT2D eigenvalue weighted by molar-refractivity contribution is 0.543. The third-order valence-corrected chi connectivity index (χ3v) is 2.70. The zero-order valence-corrected chi connectivity index (χ0v) is 10.3. The second-order valence-electron chi connectivity index (χ2n) is 4.28. The summed E-state index contributed by atoms with van der Waals surface area (Å²) in [4.78, 5) is 1.30. The average molecular weight is 200 g/mol. The van der Waals surface area contributed by atoms with Crippen LogP contribution >= 0.6 is 12.2 Å². The molecule has 0 aromatic carbocycles. The highest BCUT2D eigenvalue weighted by Gasteiger charge is 1.98. The van der Waals surface area contributed by atoms with Crippen LogP contribution in [-0.4, -0.2) is 4.86 Å². The molecule has 0 saturated carbocycles. The molecule has 0 bridgehead atoms. The molecule has 78 valence electrons. The highest BCUT2D eigenvalue weighted by atomic mass is 32.1. The Morgan fingerprint density at radius 3 is 2.23 bits per heavy atom. The molecule has 0 aliphatic rings. The van der Waals surface area contributed by atoms with Gasteiger partial charge in [-0.15, -0.1) is 0 Å². The van der Waals surface area contributed by atoms with Gasteiger partial charge in [0.05, 0.1) is 0 Å². The summed E-state index contributed by atoms with van der Waals surface area (Å²) in [6.07, 6.45) is 8.92. The molecular formula is C12H24S. The Kier molecular flexibility index (Phi) is 8.74. The minimum absolute atomic E-state index is 0.851. The summed E-state index contributed by atoms with van der Waals surface area (Å²) < 4.78 is 0. The van der Waals surface area contributed by atoms with Gasteiger partial charge in [0.2, 0.25) is 0 Å². The molecular weight excluding hydrogens is 176 g/mol. The summed E-state index contributed by atoms with van der Waals surface area (Å²) in [6, 6.07) is 0. The van der Waals surface area contributed by atoms with E-state index in [1.807, 2.05) is 0 Å². The summed E-state index contributed by atoms with van der Waals surface area (Å²) in [5.41, 5.74) is 0. The Labute approximate surface area is 89.1 Å². The molecule has 13 heavy (non-hydrogen) atoms. The van der Waals surface area contributed by atoms with Gasteiger partial charge >= 0.3 is 0 Å². The van der Waals surface area contributed by atoms with Crippen LogP contribution in [0, 0.1) is 5.92 Å². The third-order valence-electron chi connectivity index (χ3n) is 2.30. The van der Waals surface area contributed by atoms with Crippen molar-refractivity contribution in [2.45, 2.75) is 65.7 Å². The number of hydrogen-bond donors (Lipinski definition) is 0. The molecule has 0 unspecified atom stereocenters. The standard InChI is InChI=1S/C12H24S/c1-4-5-9-12(13)10-7-6-8-11(2)3/h11H,4-10H2,1-3H3. The van der Waals surface area contributed by atoms with Crippen LogP contribution in [0.2, 0.25) is 0 Å². The summed E-state index contributed by atoms with van der Waals surface area (Å²) in [5.74, 6) is 0.851. The fourth-order valence-corrected chi connectivity index (χ4v) is 1.66. The smallest absolute Gasteiger partial charge is 0.00715 e. The maximum Gasteiger partial charge on any atom is -0.00715 e. The van der Waals surface area contributed by atoms with Crippen molar-refractivity contribution in [3.8, 4) is 0 Å². The van der Waals surface area contributed by atoms with Crippen LogP contribution in [-0.2, 0) is 0 Å². The van der Waals surface area contributed by atoms with Gasteiger partial charge in [0.1, 0.15) is 0 Å². The predicted octanol–water partition coefficient (Wildman–Crippen LogP) is 4.76. The predicted molar refractivity (Wildman–Crippen MR) is 65.4 cm³/mol. The Hall–Kier alpha value is 0.0900. The topological polar surface area (TPSA) is 0 Å². The Balaban J connectivity index is 3.17. The highest BCUT2D eigenvalue weighted by molar-refractivity contribution is 7.80. The van der Waals surface area contributed by atoms with E-state index in [1.54, 1.807) is 0 Å². The van der Waals surface area contributed by atoms with Crippen LogP contribution in [0.5, 0.6) is 0 Å². The molecule has 0 heterocycles. The number of thiocarbonyl (C=S) groups is 1. The Morgan fingerprint density at radius 2 is 1.69 bits per heavy atom. The Morgan fingerprint density at radius 1 is 1.08 bits per heavy atom. The lowest BCUT2D eigenvalue weighted by Gasteiger charge is -2.05. The lowest BCUT2D eigenvalue weighted by atomic mass is 10.0. The first kappa shape index (κ1) is 13.1. The molecule has 0 spiro atoms. The molecule has 0 N–H and O–H groups in total. The fraction of sp³-hybridized carbons (Fsp3) is 0.917. The van der Waals surface area contributed by atoms with Crippen LogP contribution in [0.4, 0.5) is 0 Å². The largest absolute Gasteiger partial charge is 0.0897 e. The number of unbranched alkanes of at least 4 members (excludes halogenated alkanes) is 2. The van der Waals surface area contributed by atoms with Gasteiger partial charge in [-0.05, 0) is 36.5 Å². The minimum Gasteiger partial charge on any atom is -0.0897 e. The molecule has 0 fully saturated rings. The van der Waals surface area contributed by atoms with Crippen molar-refractivity contribution in [2.24, 2.45) is 5.92 Å². The van der Waals surface area contributed by atoms with E-state index in [4.69, 9.17) is 12.2 Å². The highest BCUT2D eigenvalue weighted by Crippen LogP contribution is 2.10. The van der Waals surface area contributed by atoms with E-state index in [2.05, 4.69) is 20.8 Å². The summed E-state index contributed by atoms with van der Waals surface area (Å²) in [7, 11) is 0. The van der Waals surface area contributed by atoms with Crippen LogP contribution in [0.15, 0.2) is 0 Å². The zero-order valence-electron chi connectivity index (χ0n) is 9.44. The van der Waals surface area contributed by atoms with Gasteiger partial charge in [0.25, 0.3) is 0 Å². The molecule has 1 heteroatoms. The van der Waals surface area contributed by atoms with Crippen molar-refractivity contribution in [3.05, 3.63) is 0 Å². The van der Waals surface area contributed by atoms with E-state index in [-0.39, 0.29) is 0 Å². The van der Waals surface area contributed by atoms with Gasteiger partial charge in [0, 0.05) is 0 Å². The summed E-state index contributed by atoms with van der Waals surface area (Å²) in [5, 5.41) is 0. The van der Waals surface area contributed by atoms with E-state index < -0.39 is 0 Å². The van der Waals surface area contributed by atoms with Crippen molar-refractivity contribution in [3.63, 3.8) is 0 Å². The van der Waals surface area contributed by atoms with Crippen LogP contribution in [0.25, 0.3) is 0 Å². The van der Waals surface area contributed by atoms with Crippen LogP contribution in [0.3, 0.4) is 0 Å². The number of hydrogen-bond acceptors (Lipinski definition) is 1. The first-order valence-corrected chi connectivity index (χ1v) is 6.09. The molecule has 0 aliphatic heterocycles. The summed E-state index contributed by atoms with van der Waals surface area (Å²) >= 11 is 5.30. The first-order chi connectivity index (χ1) is 6.16. The molecule has 0 rings (SSSR count). The molecule has 0 aliphatic carbocycles. The Bertz CT molecular complexity index is 127. The maximum atomic E-state index is 5.30. The van der Waals surface area contributed by atoms with Gasteiger partial charge in [-0.25, -0.2) is 0 Å². The quantitative estimate of drug-likeness (QED) is 0.402. The normalized spacial score (nSPS) is 10.8. The molecule has 0 atom stereocenters. The second-order valence-corrected chi connectivity index (χ2v) is 4.86. The third kappa shape index (κ3) is 10.0. The lowest BCUT2D eigenvalue weighted by Crippen LogP contribution is -1.95. The van der Waals surface area contributed by atoms with Crippen LogP contribution < -0.4 is 0 Å². The van der Waals surface area contributed by atoms with E-state index in [0.717, 1.165) is 5.92 Å². The fourth-order valence-electron chi connectivity index (χ4n) is 1.37. The van der Waals surface area contributed by atoms with Gasteiger partial charge in [-0.1, -0.05) is 52.3 Å². The molecule has 0 aromatic heterocycles. The van der Waals surface area contributed by atoms with Crippen molar-refractivity contribution in [1.29, 1.82) is 0 Å². The molecule has 0 amide bonds. The van der Waals surface area contributed by atoms with Crippen molar-refractivity contribution >= 4 is 17.1 Å². The maximum absolute atomic E-state index is 5.30. The van der Waals surface area contributed by atoms with Crippen molar-refractivity contribution in [1.82, 2.24) is 0 Å². The average Bonchev–Trinajstić information content (AvgIpc) is 2.08. The SMILES string of the molecule is CCCCC(=S)CCCCC(C)C. The van der Waals surface area contributed by atoms with Gasteiger partial charge in [-0.2, -0.15) is 0 Å². The molecule has 0 saturated heterocycles. The van der Waals surface area contributed by atoms with E-state index in [0.29, 0.717) is 0 Å². The van der Waals surface area contributed by atoms with Gasteiger partial charge < -0.3 is 0 Å². The van der Waals surface area contributed by atoms with Crippen molar-refractivity contribution in [2.75, 3.05) is 0 Å². The zero-order chi connectivity index (χ0) is 10.1. The van der Waals surface area contributed by atoms with E-state index in [9.17, 15) is 0 Å². The number of rotatable bonds is 8. The molecule has 0 aromatic rings. The van der Waals surface area contributed by atoms with E-state index >= 15 is 0 Å². The monoisotopic (exact) mass is 200 g/mol. The van der Waals surface area contributed by atoms with Gasteiger partial charge in [-0.3, -0.25) is 0 Å². The molecule has 0 nitrogen and oxygen atoms in total. The minimum atomic E-state index is 0.851. The second kappa shape index (κ2) is 8.68. The van der Waals surface area contributed by atoms with Gasteiger partial charge in [0.15, 0.2) is 0 Å². The summed E-state index contributed by atoms with van der Waals surface area (Å²) in [6.45, 7) is 6.80.